The molecule has 0 N–H and O–H groups in total. The Kier molecular flexibility index (Phi) is 2.01. The van der Waals surface area contributed by atoms with Gasteiger partial charge < -0.3 is 0 Å². The molecule has 0 fully saturated rings. The Morgan fingerprint density at radius 1 is 1.12 bits per heavy atom. The van der Waals surface area contributed by atoms with Crippen LogP contribution in [0.2, 0.25) is 0 Å². The van der Waals surface area contributed by atoms with Crippen molar-refractivity contribution < 1.29 is 4.92 Å². The molecule has 3 rings (SSSR count). The van der Waals surface area contributed by atoms with Crippen LogP contribution in [-0.2, 0) is 0 Å². The number of fused-ring (bicyclic) bond motifs is 3. The molecule has 1 heterocycles. The highest BCUT2D eigenvalue weighted by atomic mass is 16.6. The Labute approximate surface area is 96.7 Å². The summed E-state index contributed by atoms with van der Waals surface area (Å²) in [5.74, 6) is 0. The van der Waals surface area contributed by atoms with Crippen molar-refractivity contribution in [1.82, 2.24) is 4.98 Å². The molecule has 2 aromatic carbocycles. The number of nitro benzene ring substituents is 1. The first-order valence-corrected chi connectivity index (χ1v) is 5.10. The van der Waals surface area contributed by atoms with Gasteiger partial charge in [-0.1, -0.05) is 24.3 Å². The summed E-state index contributed by atoms with van der Waals surface area (Å²) in [6.45, 7) is 0. The minimum atomic E-state index is -0.374. The van der Waals surface area contributed by atoms with Crippen molar-refractivity contribution in [3.63, 3.8) is 0 Å². The molecule has 0 saturated heterocycles. The molecule has 4 nitrogen and oxygen atoms in total. The molecule has 1 radical (unpaired) electrons. The van der Waals surface area contributed by atoms with Crippen LogP contribution in [-0.4, -0.2) is 9.91 Å². The lowest BCUT2D eigenvalue weighted by Gasteiger charge is -2.02. The highest BCUT2D eigenvalue weighted by molar-refractivity contribution is 6.08. The molecule has 0 aliphatic rings. The molecule has 0 aliphatic carbocycles. The second-order valence-electron chi connectivity index (χ2n) is 3.71. The summed E-state index contributed by atoms with van der Waals surface area (Å²) in [6, 6.07) is 12.2. The first-order valence-electron chi connectivity index (χ1n) is 5.10. The largest absolute Gasteiger partial charge is 0.277 e. The van der Waals surface area contributed by atoms with Gasteiger partial charge in [-0.25, -0.2) is 4.98 Å². The lowest BCUT2D eigenvalue weighted by atomic mass is 10.0. The number of pyridine rings is 1. The maximum atomic E-state index is 10.9. The van der Waals surface area contributed by atoms with Crippen LogP contribution in [0.1, 0.15) is 0 Å². The number of aromatic nitrogens is 1. The molecule has 0 aliphatic heterocycles. The van der Waals surface area contributed by atoms with Gasteiger partial charge in [0.1, 0.15) is 0 Å². The van der Waals surface area contributed by atoms with Crippen LogP contribution in [0.25, 0.3) is 21.7 Å². The smallest absolute Gasteiger partial charge is 0.258 e. The minimum absolute atomic E-state index is 0.107. The van der Waals surface area contributed by atoms with E-state index in [9.17, 15) is 10.1 Å². The van der Waals surface area contributed by atoms with Gasteiger partial charge in [0, 0.05) is 16.8 Å². The number of nitro groups is 1. The Morgan fingerprint density at radius 3 is 2.82 bits per heavy atom. The van der Waals surface area contributed by atoms with Crippen LogP contribution in [0.4, 0.5) is 5.69 Å². The molecule has 81 valence electrons. The minimum Gasteiger partial charge on any atom is -0.258 e. The summed E-state index contributed by atoms with van der Waals surface area (Å²) in [6.07, 6.45) is 2.76. The molecule has 0 saturated carbocycles. The highest BCUT2D eigenvalue weighted by Gasteiger charge is 2.12. The standard InChI is InChI=1S/C13H7N2O2/c16-15(17)12-5-1-4-11-10(12)7-6-9-3-2-8-14-13(9)11/h1-7H. The zero-order valence-electron chi connectivity index (χ0n) is 8.75. The van der Waals surface area contributed by atoms with E-state index in [1.807, 2.05) is 18.2 Å². The molecule has 0 unspecified atom stereocenters. The van der Waals surface area contributed by atoms with Gasteiger partial charge in [0.25, 0.3) is 5.69 Å². The molecular weight excluding hydrogens is 216 g/mol. The van der Waals surface area contributed by atoms with E-state index < -0.39 is 0 Å². The lowest BCUT2D eigenvalue weighted by molar-refractivity contribution is -0.383. The quantitative estimate of drug-likeness (QED) is 0.362. The molecule has 17 heavy (non-hydrogen) atoms. The van der Waals surface area contributed by atoms with Crippen LogP contribution >= 0.6 is 0 Å². The molecule has 0 amide bonds. The number of hydrogen-bond acceptors (Lipinski definition) is 3. The third-order valence-corrected chi connectivity index (χ3v) is 2.75. The predicted molar refractivity (Wildman–Crippen MR) is 64.7 cm³/mol. The fourth-order valence-corrected chi connectivity index (χ4v) is 1.99. The number of hydrogen-bond donors (Lipinski definition) is 0. The Bertz CT molecular complexity index is 738. The van der Waals surface area contributed by atoms with Crippen molar-refractivity contribution >= 4 is 27.4 Å². The van der Waals surface area contributed by atoms with E-state index in [1.54, 1.807) is 18.2 Å². The first kappa shape index (κ1) is 9.72. The number of benzene rings is 2. The fraction of sp³-hybridized carbons (Fsp3) is 0. The van der Waals surface area contributed by atoms with E-state index in [4.69, 9.17) is 0 Å². The van der Waals surface area contributed by atoms with Crippen LogP contribution in [0.15, 0.2) is 42.5 Å². The van der Waals surface area contributed by atoms with E-state index in [1.165, 1.54) is 6.07 Å². The maximum Gasteiger partial charge on any atom is 0.277 e. The summed E-state index contributed by atoms with van der Waals surface area (Å²) >= 11 is 0. The number of nitrogens with zero attached hydrogens (tertiary/aromatic N) is 2. The van der Waals surface area contributed by atoms with Gasteiger partial charge in [-0.2, -0.15) is 0 Å². The van der Waals surface area contributed by atoms with Crippen molar-refractivity contribution in [3.05, 3.63) is 58.8 Å². The van der Waals surface area contributed by atoms with Crippen molar-refractivity contribution in [2.24, 2.45) is 0 Å². The molecule has 1 aromatic heterocycles. The third-order valence-electron chi connectivity index (χ3n) is 2.75. The SMILES string of the molecule is O=[N+]([O-])c1cccc2c1ccc1cc[c]nc12. The Hall–Kier alpha value is -2.49. The highest BCUT2D eigenvalue weighted by Crippen LogP contribution is 2.29. The van der Waals surface area contributed by atoms with Crippen LogP contribution in [0.3, 0.4) is 0 Å². The third kappa shape index (κ3) is 1.42. The summed E-state index contributed by atoms with van der Waals surface area (Å²) in [5, 5.41) is 13.3. The Morgan fingerprint density at radius 2 is 2.00 bits per heavy atom. The van der Waals surface area contributed by atoms with Gasteiger partial charge in [-0.05, 0) is 12.1 Å². The van der Waals surface area contributed by atoms with Crippen molar-refractivity contribution in [2.75, 3.05) is 0 Å². The molecule has 0 atom stereocenters. The summed E-state index contributed by atoms with van der Waals surface area (Å²) < 4.78 is 0. The summed E-state index contributed by atoms with van der Waals surface area (Å²) in [4.78, 5) is 14.7. The average Bonchev–Trinajstić information content (AvgIpc) is 2.37. The van der Waals surface area contributed by atoms with Crippen molar-refractivity contribution in [2.45, 2.75) is 0 Å². The van der Waals surface area contributed by atoms with E-state index >= 15 is 0 Å². The van der Waals surface area contributed by atoms with E-state index in [0.29, 0.717) is 5.39 Å². The van der Waals surface area contributed by atoms with Gasteiger partial charge in [0.2, 0.25) is 0 Å². The van der Waals surface area contributed by atoms with Gasteiger partial charge in [0.05, 0.1) is 22.0 Å². The number of rotatable bonds is 1. The monoisotopic (exact) mass is 223 g/mol. The van der Waals surface area contributed by atoms with E-state index in [2.05, 4.69) is 11.2 Å². The van der Waals surface area contributed by atoms with Gasteiger partial charge in [-0.15, -0.1) is 0 Å². The molecular formula is C13H7N2O2. The van der Waals surface area contributed by atoms with Crippen LogP contribution in [0.5, 0.6) is 0 Å². The summed E-state index contributed by atoms with van der Waals surface area (Å²) in [7, 11) is 0. The van der Waals surface area contributed by atoms with E-state index in [0.717, 1.165) is 16.3 Å². The van der Waals surface area contributed by atoms with Gasteiger partial charge in [-0.3, -0.25) is 10.1 Å². The zero-order valence-corrected chi connectivity index (χ0v) is 8.75. The van der Waals surface area contributed by atoms with E-state index in [-0.39, 0.29) is 10.6 Å². The molecule has 0 spiro atoms. The Balaban J connectivity index is 2.52. The fourth-order valence-electron chi connectivity index (χ4n) is 1.99. The lowest BCUT2D eigenvalue weighted by Crippen LogP contribution is -1.90. The second kappa shape index (κ2) is 3.52. The van der Waals surface area contributed by atoms with Crippen LogP contribution < -0.4 is 0 Å². The normalized spacial score (nSPS) is 10.8. The molecule has 4 heteroatoms. The zero-order chi connectivity index (χ0) is 11.8. The predicted octanol–water partition coefficient (Wildman–Crippen LogP) is 3.10. The maximum absolute atomic E-state index is 10.9. The topological polar surface area (TPSA) is 56.0 Å². The number of non-ortho nitro benzene ring substituents is 1. The summed E-state index contributed by atoms with van der Waals surface area (Å²) in [5.41, 5.74) is 0.851. The molecule has 3 aromatic rings. The van der Waals surface area contributed by atoms with Gasteiger partial charge in [0.15, 0.2) is 0 Å². The van der Waals surface area contributed by atoms with Crippen molar-refractivity contribution in [1.29, 1.82) is 0 Å². The average molecular weight is 223 g/mol. The van der Waals surface area contributed by atoms with Gasteiger partial charge >= 0.3 is 0 Å². The first-order chi connectivity index (χ1) is 8.27. The van der Waals surface area contributed by atoms with Crippen molar-refractivity contribution in [3.8, 4) is 0 Å². The second-order valence-corrected chi connectivity index (χ2v) is 3.71. The van der Waals surface area contributed by atoms with Crippen LogP contribution in [0, 0.1) is 16.3 Å². The molecule has 0 bridgehead atoms.